The minimum absolute atomic E-state index is 0.561. The summed E-state index contributed by atoms with van der Waals surface area (Å²) in [5.41, 5.74) is 0.424. The van der Waals surface area contributed by atoms with E-state index in [0.29, 0.717) is 5.25 Å². The lowest BCUT2D eigenvalue weighted by molar-refractivity contribution is -0.137. The van der Waals surface area contributed by atoms with Crippen molar-refractivity contribution in [2.75, 3.05) is 0 Å². The molecule has 1 saturated carbocycles. The van der Waals surface area contributed by atoms with Gasteiger partial charge in [-0.15, -0.1) is 0 Å². The molecule has 18 heavy (non-hydrogen) atoms. The van der Waals surface area contributed by atoms with Crippen LogP contribution < -0.4 is 0 Å². The van der Waals surface area contributed by atoms with Crippen LogP contribution >= 0.6 is 11.8 Å². The molecule has 0 amide bonds. The molecule has 0 unspecified atom stereocenters. The fourth-order valence-corrected chi connectivity index (χ4v) is 3.52. The summed E-state index contributed by atoms with van der Waals surface area (Å²) in [6.45, 7) is 0. The number of rotatable bonds is 3. The maximum absolute atomic E-state index is 12.4. The zero-order valence-corrected chi connectivity index (χ0v) is 11.0. The molecule has 0 spiro atoms. The Hall–Kier alpha value is -0.640. The maximum atomic E-state index is 12.4. The normalized spacial score (nSPS) is 17.9. The maximum Gasteiger partial charge on any atom is 0.416 e. The Kier molecular flexibility index (Phi) is 4.60. The van der Waals surface area contributed by atoms with E-state index in [9.17, 15) is 13.2 Å². The molecule has 0 N–H and O–H groups in total. The SMILES string of the molecule is FC(F)(F)c1ccc(CSC2CCCCC2)cc1. The largest absolute Gasteiger partial charge is 0.416 e. The van der Waals surface area contributed by atoms with Crippen LogP contribution in [0.5, 0.6) is 0 Å². The zero-order valence-electron chi connectivity index (χ0n) is 10.2. The second-order valence-electron chi connectivity index (χ2n) is 4.77. The van der Waals surface area contributed by atoms with Crippen LogP contribution in [0, 0.1) is 0 Å². The van der Waals surface area contributed by atoms with Crippen molar-refractivity contribution < 1.29 is 13.2 Å². The van der Waals surface area contributed by atoms with Crippen LogP contribution in [0.25, 0.3) is 0 Å². The highest BCUT2D eigenvalue weighted by molar-refractivity contribution is 7.99. The lowest BCUT2D eigenvalue weighted by Crippen LogP contribution is -2.08. The van der Waals surface area contributed by atoms with Crippen LogP contribution in [0.3, 0.4) is 0 Å². The van der Waals surface area contributed by atoms with Crippen molar-refractivity contribution >= 4 is 11.8 Å². The molecule has 0 radical (unpaired) electrons. The van der Waals surface area contributed by atoms with Gasteiger partial charge in [-0.3, -0.25) is 0 Å². The van der Waals surface area contributed by atoms with Gasteiger partial charge in [0, 0.05) is 11.0 Å². The summed E-state index contributed by atoms with van der Waals surface area (Å²) in [5.74, 6) is 0.822. The second kappa shape index (κ2) is 6.00. The molecule has 1 aliphatic carbocycles. The summed E-state index contributed by atoms with van der Waals surface area (Å²) in [5, 5.41) is 0.695. The molecule has 0 aliphatic heterocycles. The average molecular weight is 274 g/mol. The molecule has 0 bridgehead atoms. The van der Waals surface area contributed by atoms with E-state index in [1.807, 2.05) is 11.8 Å². The van der Waals surface area contributed by atoms with Crippen molar-refractivity contribution in [3.63, 3.8) is 0 Å². The fraction of sp³-hybridized carbons (Fsp3) is 0.571. The topological polar surface area (TPSA) is 0 Å². The quantitative estimate of drug-likeness (QED) is 0.723. The molecule has 1 fully saturated rings. The Balaban J connectivity index is 1.86. The van der Waals surface area contributed by atoms with E-state index in [-0.39, 0.29) is 0 Å². The summed E-state index contributed by atoms with van der Waals surface area (Å²) in [6, 6.07) is 5.55. The molecular formula is C14H17F3S. The number of alkyl halides is 3. The molecule has 1 aliphatic rings. The van der Waals surface area contributed by atoms with Crippen LogP contribution in [0.4, 0.5) is 13.2 Å². The van der Waals surface area contributed by atoms with Gasteiger partial charge in [0.15, 0.2) is 0 Å². The summed E-state index contributed by atoms with van der Waals surface area (Å²) in [4.78, 5) is 0. The van der Waals surface area contributed by atoms with Crippen LogP contribution in [0.2, 0.25) is 0 Å². The predicted molar refractivity (Wildman–Crippen MR) is 69.6 cm³/mol. The molecule has 4 heteroatoms. The number of hydrogen-bond acceptors (Lipinski definition) is 1. The molecule has 2 rings (SSSR count). The van der Waals surface area contributed by atoms with Gasteiger partial charge in [-0.2, -0.15) is 24.9 Å². The van der Waals surface area contributed by atoms with Crippen LogP contribution in [-0.4, -0.2) is 5.25 Å². The van der Waals surface area contributed by atoms with Crippen molar-refractivity contribution in [3.05, 3.63) is 35.4 Å². The van der Waals surface area contributed by atoms with Crippen molar-refractivity contribution in [2.45, 2.75) is 49.3 Å². The van der Waals surface area contributed by atoms with E-state index in [2.05, 4.69) is 0 Å². The third-order valence-corrected chi connectivity index (χ3v) is 4.76. The standard InChI is InChI=1S/C14H17F3S/c15-14(16,17)12-8-6-11(7-9-12)10-18-13-4-2-1-3-5-13/h6-9,13H,1-5,10H2. The van der Waals surface area contributed by atoms with E-state index in [4.69, 9.17) is 0 Å². The highest BCUT2D eigenvalue weighted by Gasteiger charge is 2.29. The predicted octanol–water partition coefficient (Wildman–Crippen LogP) is 5.27. The molecule has 0 nitrogen and oxygen atoms in total. The highest BCUT2D eigenvalue weighted by Crippen LogP contribution is 2.32. The molecule has 0 heterocycles. The Morgan fingerprint density at radius 1 is 1.00 bits per heavy atom. The van der Waals surface area contributed by atoms with Crippen LogP contribution in [0.15, 0.2) is 24.3 Å². The molecule has 1 aromatic carbocycles. The molecule has 0 aromatic heterocycles. The lowest BCUT2D eigenvalue weighted by Gasteiger charge is -2.20. The van der Waals surface area contributed by atoms with Crippen molar-refractivity contribution in [1.29, 1.82) is 0 Å². The van der Waals surface area contributed by atoms with Gasteiger partial charge in [0.25, 0.3) is 0 Å². The molecule has 0 atom stereocenters. The first-order valence-electron chi connectivity index (χ1n) is 6.33. The fourth-order valence-electron chi connectivity index (χ4n) is 2.24. The van der Waals surface area contributed by atoms with Gasteiger partial charge in [-0.05, 0) is 30.5 Å². The number of benzene rings is 1. The summed E-state index contributed by atoms with van der Waals surface area (Å²) in [6.07, 6.45) is 2.21. The van der Waals surface area contributed by atoms with E-state index < -0.39 is 11.7 Å². The van der Waals surface area contributed by atoms with E-state index in [1.54, 1.807) is 12.1 Å². The third-order valence-electron chi connectivity index (χ3n) is 3.32. The Morgan fingerprint density at radius 2 is 1.61 bits per heavy atom. The van der Waals surface area contributed by atoms with Crippen molar-refractivity contribution in [2.24, 2.45) is 0 Å². The number of thioether (sulfide) groups is 1. The molecule has 100 valence electrons. The van der Waals surface area contributed by atoms with Crippen LogP contribution in [-0.2, 0) is 11.9 Å². The minimum atomic E-state index is -4.23. The van der Waals surface area contributed by atoms with Gasteiger partial charge in [0.05, 0.1) is 5.56 Å². The second-order valence-corrected chi connectivity index (χ2v) is 6.05. The first-order valence-corrected chi connectivity index (χ1v) is 7.38. The van der Waals surface area contributed by atoms with Crippen molar-refractivity contribution in [3.8, 4) is 0 Å². The smallest absolute Gasteiger partial charge is 0.166 e. The Morgan fingerprint density at radius 3 is 2.17 bits per heavy atom. The van der Waals surface area contributed by atoms with E-state index >= 15 is 0 Å². The summed E-state index contributed by atoms with van der Waals surface area (Å²) >= 11 is 1.88. The Bertz CT molecular complexity index is 364. The van der Waals surface area contributed by atoms with Crippen molar-refractivity contribution in [1.82, 2.24) is 0 Å². The molecular weight excluding hydrogens is 257 g/mol. The Labute approximate surface area is 110 Å². The van der Waals surface area contributed by atoms with Gasteiger partial charge in [-0.1, -0.05) is 31.4 Å². The van der Waals surface area contributed by atoms with Gasteiger partial charge in [0.2, 0.25) is 0 Å². The van der Waals surface area contributed by atoms with Crippen LogP contribution in [0.1, 0.15) is 43.2 Å². The van der Waals surface area contributed by atoms with Gasteiger partial charge in [-0.25, -0.2) is 0 Å². The minimum Gasteiger partial charge on any atom is -0.166 e. The highest BCUT2D eigenvalue weighted by atomic mass is 32.2. The first-order chi connectivity index (χ1) is 8.55. The third kappa shape index (κ3) is 3.94. The lowest BCUT2D eigenvalue weighted by atomic mass is 10.0. The monoisotopic (exact) mass is 274 g/mol. The molecule has 0 saturated heterocycles. The first kappa shape index (κ1) is 13.8. The number of hydrogen-bond donors (Lipinski definition) is 0. The van der Waals surface area contributed by atoms with Gasteiger partial charge >= 0.3 is 6.18 Å². The zero-order chi connectivity index (χ0) is 13.0. The van der Waals surface area contributed by atoms with E-state index in [0.717, 1.165) is 11.3 Å². The van der Waals surface area contributed by atoms with Gasteiger partial charge < -0.3 is 0 Å². The number of halogens is 3. The summed E-state index contributed by atoms with van der Waals surface area (Å²) in [7, 11) is 0. The summed E-state index contributed by atoms with van der Waals surface area (Å²) < 4.78 is 37.2. The average Bonchev–Trinajstić information content (AvgIpc) is 2.37. The molecule has 1 aromatic rings. The van der Waals surface area contributed by atoms with Gasteiger partial charge in [0.1, 0.15) is 0 Å². The van der Waals surface area contributed by atoms with E-state index in [1.165, 1.54) is 44.2 Å².